The van der Waals surface area contributed by atoms with E-state index >= 15 is 0 Å². The molecule has 0 radical (unpaired) electrons. The van der Waals surface area contributed by atoms with Crippen molar-refractivity contribution in [2.45, 2.75) is 0 Å². The van der Waals surface area contributed by atoms with Crippen molar-refractivity contribution in [3.63, 3.8) is 0 Å². The lowest BCUT2D eigenvalue weighted by atomic mass is 10.0. The van der Waals surface area contributed by atoms with Gasteiger partial charge in [-0.1, -0.05) is 0 Å². The standard InChI is InChI=1S/C14H7N5O9/c1-15-13-8(2-6(16(21)22)5-11(13)19(27)28)12-9(14(15)20)3-7(17(23)24)4-10(12)18(25)26/h2-5H,1H3. The molecule has 14 heteroatoms. The first kappa shape index (κ1) is 18.3. The van der Waals surface area contributed by atoms with Crippen molar-refractivity contribution in [3.05, 3.63) is 75.1 Å². The number of non-ortho nitro benzene ring substituents is 4. The first-order valence-corrected chi connectivity index (χ1v) is 7.26. The quantitative estimate of drug-likeness (QED) is 0.365. The molecule has 3 aromatic rings. The summed E-state index contributed by atoms with van der Waals surface area (Å²) >= 11 is 0. The fourth-order valence-electron chi connectivity index (χ4n) is 2.99. The molecule has 0 atom stereocenters. The number of fused-ring (bicyclic) bond motifs is 3. The van der Waals surface area contributed by atoms with Crippen molar-refractivity contribution in [1.29, 1.82) is 0 Å². The Hall–Kier alpha value is -4.49. The molecule has 0 spiro atoms. The summed E-state index contributed by atoms with van der Waals surface area (Å²) in [6, 6.07) is 2.86. The van der Waals surface area contributed by atoms with Gasteiger partial charge in [-0.25, -0.2) is 0 Å². The van der Waals surface area contributed by atoms with Gasteiger partial charge in [0.15, 0.2) is 0 Å². The Kier molecular flexibility index (Phi) is 3.95. The lowest BCUT2D eigenvalue weighted by Crippen LogP contribution is -2.19. The predicted molar refractivity (Wildman–Crippen MR) is 93.3 cm³/mol. The molecule has 28 heavy (non-hydrogen) atoms. The van der Waals surface area contributed by atoms with E-state index in [-0.39, 0.29) is 10.9 Å². The van der Waals surface area contributed by atoms with E-state index in [9.17, 15) is 45.3 Å². The lowest BCUT2D eigenvalue weighted by molar-refractivity contribution is -0.393. The van der Waals surface area contributed by atoms with Gasteiger partial charge >= 0.3 is 0 Å². The summed E-state index contributed by atoms with van der Waals surface area (Å²) in [6.07, 6.45) is 0. The second-order valence-corrected chi connectivity index (χ2v) is 5.64. The largest absolute Gasteiger partial charge is 0.305 e. The van der Waals surface area contributed by atoms with E-state index in [0.29, 0.717) is 12.1 Å². The maximum atomic E-state index is 12.6. The Morgan fingerprint density at radius 2 is 1.18 bits per heavy atom. The van der Waals surface area contributed by atoms with Crippen molar-refractivity contribution in [2.75, 3.05) is 0 Å². The number of aromatic nitrogens is 1. The highest BCUT2D eigenvalue weighted by atomic mass is 16.6. The topological polar surface area (TPSA) is 195 Å². The van der Waals surface area contributed by atoms with Gasteiger partial charge in [0.1, 0.15) is 5.52 Å². The molecule has 1 heterocycles. The van der Waals surface area contributed by atoms with Crippen LogP contribution in [-0.2, 0) is 7.05 Å². The number of hydrogen-bond donors (Lipinski definition) is 0. The van der Waals surface area contributed by atoms with E-state index in [4.69, 9.17) is 0 Å². The number of nitro benzene ring substituents is 4. The second-order valence-electron chi connectivity index (χ2n) is 5.64. The summed E-state index contributed by atoms with van der Waals surface area (Å²) in [5.41, 5.74) is -4.50. The molecular weight excluding hydrogens is 382 g/mol. The minimum absolute atomic E-state index is 0.320. The van der Waals surface area contributed by atoms with Crippen molar-refractivity contribution < 1.29 is 19.7 Å². The molecular formula is C14H7N5O9. The van der Waals surface area contributed by atoms with Gasteiger partial charge in [-0.3, -0.25) is 45.3 Å². The summed E-state index contributed by atoms with van der Waals surface area (Å²) in [5.74, 6) is 0. The molecule has 14 nitrogen and oxygen atoms in total. The van der Waals surface area contributed by atoms with E-state index in [0.717, 1.165) is 23.7 Å². The minimum atomic E-state index is -1.00. The molecule has 0 aliphatic carbocycles. The molecule has 2 aromatic carbocycles. The van der Waals surface area contributed by atoms with E-state index in [1.165, 1.54) is 0 Å². The van der Waals surface area contributed by atoms with Gasteiger partial charge in [0.25, 0.3) is 28.3 Å². The predicted octanol–water partition coefficient (Wildman–Crippen LogP) is 2.32. The van der Waals surface area contributed by atoms with Crippen LogP contribution in [0.2, 0.25) is 0 Å². The maximum absolute atomic E-state index is 12.6. The van der Waals surface area contributed by atoms with Gasteiger partial charge in [-0.15, -0.1) is 0 Å². The molecule has 1 aromatic heterocycles. The van der Waals surface area contributed by atoms with Crippen molar-refractivity contribution in [2.24, 2.45) is 7.05 Å². The Balaban J connectivity index is 2.76. The zero-order valence-corrected chi connectivity index (χ0v) is 13.7. The van der Waals surface area contributed by atoms with Crippen molar-refractivity contribution in [1.82, 2.24) is 4.57 Å². The molecule has 0 N–H and O–H groups in total. The fourth-order valence-corrected chi connectivity index (χ4v) is 2.99. The molecule has 142 valence electrons. The third kappa shape index (κ3) is 2.56. The molecule has 0 fully saturated rings. The number of nitrogens with zero attached hydrogens (tertiary/aromatic N) is 5. The summed E-state index contributed by atoms with van der Waals surface area (Å²) in [5, 5.41) is 43.8. The molecule has 0 amide bonds. The van der Waals surface area contributed by atoms with Crippen LogP contribution in [-0.4, -0.2) is 24.3 Å². The summed E-state index contributed by atoms with van der Waals surface area (Å²) < 4.78 is 0.771. The van der Waals surface area contributed by atoms with Gasteiger partial charge in [-0.05, 0) is 0 Å². The number of rotatable bonds is 4. The van der Waals surface area contributed by atoms with Crippen LogP contribution in [0, 0.1) is 40.5 Å². The van der Waals surface area contributed by atoms with Gasteiger partial charge in [0.05, 0.1) is 42.6 Å². The van der Waals surface area contributed by atoms with Gasteiger partial charge in [0.2, 0.25) is 0 Å². The van der Waals surface area contributed by atoms with E-state index in [1.54, 1.807) is 0 Å². The number of pyridine rings is 1. The van der Waals surface area contributed by atoms with Crippen LogP contribution in [0.3, 0.4) is 0 Å². The average Bonchev–Trinajstić information content (AvgIpc) is 2.63. The van der Waals surface area contributed by atoms with Crippen LogP contribution in [0.1, 0.15) is 0 Å². The molecule has 0 unspecified atom stereocenters. The Bertz CT molecular complexity index is 1310. The normalized spacial score (nSPS) is 10.9. The molecule has 0 saturated carbocycles. The maximum Gasteiger partial charge on any atom is 0.300 e. The third-order valence-corrected chi connectivity index (χ3v) is 4.13. The van der Waals surface area contributed by atoms with Crippen molar-refractivity contribution >= 4 is 44.4 Å². The van der Waals surface area contributed by atoms with Crippen LogP contribution < -0.4 is 5.56 Å². The number of aryl methyl sites for hydroxylation is 1. The molecule has 3 rings (SSSR count). The first-order chi connectivity index (χ1) is 13.0. The third-order valence-electron chi connectivity index (χ3n) is 4.13. The minimum Gasteiger partial charge on any atom is -0.305 e. The smallest absolute Gasteiger partial charge is 0.300 e. The number of nitro groups is 4. The van der Waals surface area contributed by atoms with Crippen LogP contribution in [0.4, 0.5) is 22.7 Å². The lowest BCUT2D eigenvalue weighted by Gasteiger charge is -2.10. The van der Waals surface area contributed by atoms with Gasteiger partial charge < -0.3 is 4.57 Å². The molecule has 0 aliphatic rings. The van der Waals surface area contributed by atoms with Crippen LogP contribution in [0.5, 0.6) is 0 Å². The van der Waals surface area contributed by atoms with Gasteiger partial charge in [-0.2, -0.15) is 0 Å². The second kappa shape index (κ2) is 6.04. The highest BCUT2D eigenvalue weighted by Gasteiger charge is 2.29. The Morgan fingerprint density at radius 1 is 0.714 bits per heavy atom. The number of hydrogen-bond acceptors (Lipinski definition) is 9. The van der Waals surface area contributed by atoms with E-state index in [2.05, 4.69) is 0 Å². The number of benzene rings is 2. The fraction of sp³-hybridized carbons (Fsp3) is 0.0714. The zero-order chi connectivity index (χ0) is 20.9. The SMILES string of the molecule is Cn1c(=O)c2cc([N+](=O)[O-])cc([N+](=O)[O-])c2c2cc([N+](=O)[O-])cc([N+](=O)[O-])c21. The molecule has 0 saturated heterocycles. The highest BCUT2D eigenvalue weighted by molar-refractivity contribution is 6.13. The molecule has 0 bridgehead atoms. The molecule has 0 aliphatic heterocycles. The summed E-state index contributed by atoms with van der Waals surface area (Å²) in [4.78, 5) is 53.9. The summed E-state index contributed by atoms with van der Waals surface area (Å²) in [6.45, 7) is 0. The van der Waals surface area contributed by atoms with Crippen molar-refractivity contribution in [3.8, 4) is 0 Å². The Morgan fingerprint density at radius 3 is 1.64 bits per heavy atom. The monoisotopic (exact) mass is 389 g/mol. The van der Waals surface area contributed by atoms with Crippen LogP contribution >= 0.6 is 0 Å². The van der Waals surface area contributed by atoms with Crippen LogP contribution in [0.15, 0.2) is 29.1 Å². The van der Waals surface area contributed by atoms with Crippen LogP contribution in [0.25, 0.3) is 21.7 Å². The van der Waals surface area contributed by atoms with E-state index < -0.39 is 58.8 Å². The average molecular weight is 389 g/mol. The van der Waals surface area contributed by atoms with E-state index in [1.807, 2.05) is 0 Å². The zero-order valence-electron chi connectivity index (χ0n) is 13.7. The first-order valence-electron chi connectivity index (χ1n) is 7.26. The Labute approximate surface area is 151 Å². The summed E-state index contributed by atoms with van der Waals surface area (Å²) in [7, 11) is 1.12. The highest BCUT2D eigenvalue weighted by Crippen LogP contribution is 2.39. The van der Waals surface area contributed by atoms with Gasteiger partial charge in [0, 0.05) is 24.6 Å².